The van der Waals surface area contributed by atoms with Crippen molar-refractivity contribution in [3.63, 3.8) is 0 Å². The molecule has 0 saturated carbocycles. The second-order valence-electron chi connectivity index (χ2n) is 8.41. The van der Waals surface area contributed by atoms with Crippen LogP contribution < -0.4 is 15.5 Å². The number of likely N-dealkylation sites (tertiary alicyclic amines) is 1. The number of nitrogens with one attached hydrogen (secondary N) is 2. The van der Waals surface area contributed by atoms with Gasteiger partial charge < -0.3 is 25.2 Å². The summed E-state index contributed by atoms with van der Waals surface area (Å²) < 4.78 is 5.41. The molecule has 2 fully saturated rings. The molecule has 2 aliphatic heterocycles. The smallest absolute Gasteiger partial charge is 0.317 e. The van der Waals surface area contributed by atoms with Crippen LogP contribution in [0.1, 0.15) is 40.2 Å². The maximum absolute atomic E-state index is 12.8. The molecular formula is C25H32N4O3. The van der Waals surface area contributed by atoms with E-state index in [0.29, 0.717) is 18.7 Å². The Morgan fingerprint density at radius 2 is 1.84 bits per heavy atom. The number of piperidine rings is 1. The van der Waals surface area contributed by atoms with E-state index in [2.05, 4.69) is 45.9 Å². The van der Waals surface area contributed by atoms with Gasteiger partial charge in [0, 0.05) is 56.9 Å². The summed E-state index contributed by atoms with van der Waals surface area (Å²) in [6, 6.07) is 16.1. The van der Waals surface area contributed by atoms with Gasteiger partial charge in [-0.05, 0) is 48.2 Å². The lowest BCUT2D eigenvalue weighted by atomic mass is 9.89. The van der Waals surface area contributed by atoms with Crippen molar-refractivity contribution in [2.45, 2.75) is 25.3 Å². The van der Waals surface area contributed by atoms with Crippen LogP contribution in [0.2, 0.25) is 0 Å². The minimum atomic E-state index is -0.0805. The van der Waals surface area contributed by atoms with Gasteiger partial charge in [0.25, 0.3) is 5.91 Å². The number of rotatable bonds is 5. The molecule has 0 radical (unpaired) electrons. The number of ether oxygens (including phenoxy) is 1. The maximum Gasteiger partial charge on any atom is 0.317 e. The predicted molar refractivity (Wildman–Crippen MR) is 125 cm³/mol. The molecule has 0 aliphatic carbocycles. The molecule has 32 heavy (non-hydrogen) atoms. The van der Waals surface area contributed by atoms with Crippen molar-refractivity contribution in [1.82, 2.24) is 15.5 Å². The summed E-state index contributed by atoms with van der Waals surface area (Å²) >= 11 is 0. The van der Waals surface area contributed by atoms with E-state index in [-0.39, 0.29) is 17.9 Å². The molecule has 0 bridgehead atoms. The van der Waals surface area contributed by atoms with E-state index in [4.69, 9.17) is 4.74 Å². The Kier molecular flexibility index (Phi) is 7.27. The molecule has 2 aromatic carbocycles. The fraction of sp³-hybridized carbons (Fsp3) is 0.440. The monoisotopic (exact) mass is 436 g/mol. The van der Waals surface area contributed by atoms with Crippen molar-refractivity contribution < 1.29 is 14.3 Å². The molecule has 0 aromatic heterocycles. The normalized spacial score (nSPS) is 18.8. The number of carbonyl (C=O) groups is 2. The van der Waals surface area contributed by atoms with Gasteiger partial charge in [0.2, 0.25) is 0 Å². The molecule has 2 N–H and O–H groups in total. The first-order valence-corrected chi connectivity index (χ1v) is 11.4. The highest BCUT2D eigenvalue weighted by molar-refractivity contribution is 5.94. The van der Waals surface area contributed by atoms with Crippen LogP contribution in [0.25, 0.3) is 0 Å². The van der Waals surface area contributed by atoms with E-state index in [1.54, 1.807) is 7.05 Å². The van der Waals surface area contributed by atoms with Crippen LogP contribution in [-0.4, -0.2) is 63.3 Å². The van der Waals surface area contributed by atoms with E-state index < -0.39 is 0 Å². The third-order valence-corrected chi connectivity index (χ3v) is 6.31. The summed E-state index contributed by atoms with van der Waals surface area (Å²) in [4.78, 5) is 28.9. The van der Waals surface area contributed by atoms with Crippen molar-refractivity contribution in [3.05, 3.63) is 65.2 Å². The van der Waals surface area contributed by atoms with Gasteiger partial charge in [0.05, 0.1) is 13.2 Å². The average Bonchev–Trinajstić information content (AvgIpc) is 2.87. The minimum absolute atomic E-state index is 0.0387. The molecule has 7 nitrogen and oxygen atoms in total. The molecule has 1 unspecified atom stereocenters. The number of urea groups is 1. The lowest BCUT2D eigenvalue weighted by molar-refractivity contribution is 0.0950. The van der Waals surface area contributed by atoms with Crippen LogP contribution in [0.3, 0.4) is 0 Å². The fourth-order valence-electron chi connectivity index (χ4n) is 4.46. The third-order valence-electron chi connectivity index (χ3n) is 6.31. The molecule has 3 amide bonds. The summed E-state index contributed by atoms with van der Waals surface area (Å²) in [6.45, 7) is 5.30. The van der Waals surface area contributed by atoms with Gasteiger partial charge in [-0.15, -0.1) is 0 Å². The fourth-order valence-corrected chi connectivity index (χ4v) is 4.46. The van der Waals surface area contributed by atoms with Crippen LogP contribution >= 0.6 is 0 Å². The Balaban J connectivity index is 1.34. The van der Waals surface area contributed by atoms with Crippen LogP contribution in [0.15, 0.2) is 48.5 Å². The van der Waals surface area contributed by atoms with E-state index >= 15 is 0 Å². The van der Waals surface area contributed by atoms with Gasteiger partial charge in [-0.3, -0.25) is 4.79 Å². The van der Waals surface area contributed by atoms with Crippen molar-refractivity contribution in [3.8, 4) is 0 Å². The standard InChI is InChI=1S/C25H32N4O3/c1-26-25(31)29-11-3-6-22(18-29)20-4-2-5-21(16-20)24(30)27-17-19-7-9-23(10-8-19)28-12-14-32-15-13-28/h2,4-5,7-10,16,22H,3,6,11-15,17-18H2,1H3,(H,26,31)(H,27,30). The van der Waals surface area contributed by atoms with E-state index in [1.807, 2.05) is 23.1 Å². The Morgan fingerprint density at radius 3 is 2.59 bits per heavy atom. The zero-order valence-corrected chi connectivity index (χ0v) is 18.7. The van der Waals surface area contributed by atoms with Crippen LogP contribution in [0.5, 0.6) is 0 Å². The van der Waals surface area contributed by atoms with Crippen molar-refractivity contribution >= 4 is 17.6 Å². The number of carbonyl (C=O) groups excluding carboxylic acids is 2. The number of benzene rings is 2. The Labute approximate surface area is 189 Å². The van der Waals surface area contributed by atoms with Crippen molar-refractivity contribution in [2.24, 2.45) is 0 Å². The summed E-state index contributed by atoms with van der Waals surface area (Å²) in [5.74, 6) is 0.171. The van der Waals surface area contributed by atoms with Gasteiger partial charge >= 0.3 is 6.03 Å². The summed E-state index contributed by atoms with van der Waals surface area (Å²) in [7, 11) is 1.66. The molecular weight excluding hydrogens is 404 g/mol. The molecule has 1 atom stereocenters. The maximum atomic E-state index is 12.8. The number of hydrogen-bond acceptors (Lipinski definition) is 4. The SMILES string of the molecule is CNC(=O)N1CCCC(c2cccc(C(=O)NCc3ccc(N4CCOCC4)cc3)c2)C1. The minimum Gasteiger partial charge on any atom is -0.378 e. The molecule has 2 heterocycles. The zero-order valence-electron chi connectivity index (χ0n) is 18.7. The molecule has 7 heteroatoms. The number of morpholine rings is 1. The number of anilines is 1. The number of nitrogens with zero attached hydrogens (tertiary/aromatic N) is 2. The Morgan fingerprint density at radius 1 is 1.06 bits per heavy atom. The molecule has 2 aromatic rings. The van der Waals surface area contributed by atoms with Crippen molar-refractivity contribution in [2.75, 3.05) is 51.3 Å². The van der Waals surface area contributed by atoms with Crippen LogP contribution in [0, 0.1) is 0 Å². The third kappa shape index (κ3) is 5.40. The van der Waals surface area contributed by atoms with Gasteiger partial charge in [0.1, 0.15) is 0 Å². The summed E-state index contributed by atoms with van der Waals surface area (Å²) in [5, 5.41) is 5.74. The average molecular weight is 437 g/mol. The molecule has 2 aliphatic rings. The molecule has 2 saturated heterocycles. The lowest BCUT2D eigenvalue weighted by Gasteiger charge is -2.32. The quantitative estimate of drug-likeness (QED) is 0.756. The summed E-state index contributed by atoms with van der Waals surface area (Å²) in [6.07, 6.45) is 1.99. The Bertz CT molecular complexity index is 925. The van der Waals surface area contributed by atoms with Crippen LogP contribution in [0.4, 0.5) is 10.5 Å². The van der Waals surface area contributed by atoms with Gasteiger partial charge in [-0.25, -0.2) is 4.79 Å². The second-order valence-corrected chi connectivity index (χ2v) is 8.41. The van der Waals surface area contributed by atoms with Crippen molar-refractivity contribution in [1.29, 1.82) is 0 Å². The Hall–Kier alpha value is -3.06. The van der Waals surface area contributed by atoms with E-state index in [9.17, 15) is 9.59 Å². The molecule has 0 spiro atoms. The van der Waals surface area contributed by atoms with Crippen LogP contribution in [-0.2, 0) is 11.3 Å². The summed E-state index contributed by atoms with van der Waals surface area (Å²) in [5.41, 5.74) is 4.03. The highest BCUT2D eigenvalue weighted by Crippen LogP contribution is 2.27. The highest BCUT2D eigenvalue weighted by Gasteiger charge is 2.24. The van der Waals surface area contributed by atoms with E-state index in [1.165, 1.54) is 5.69 Å². The van der Waals surface area contributed by atoms with Gasteiger partial charge in [-0.2, -0.15) is 0 Å². The first kappa shape index (κ1) is 22.1. The second kappa shape index (κ2) is 10.5. The topological polar surface area (TPSA) is 73.9 Å². The highest BCUT2D eigenvalue weighted by atomic mass is 16.5. The number of amides is 3. The number of hydrogen-bond donors (Lipinski definition) is 2. The largest absolute Gasteiger partial charge is 0.378 e. The first-order valence-electron chi connectivity index (χ1n) is 11.4. The van der Waals surface area contributed by atoms with Gasteiger partial charge in [-0.1, -0.05) is 24.3 Å². The molecule has 170 valence electrons. The zero-order chi connectivity index (χ0) is 22.3. The van der Waals surface area contributed by atoms with Gasteiger partial charge in [0.15, 0.2) is 0 Å². The predicted octanol–water partition coefficient (Wildman–Crippen LogP) is 2.97. The first-order chi connectivity index (χ1) is 15.6. The molecule has 4 rings (SSSR count). The lowest BCUT2D eigenvalue weighted by Crippen LogP contribution is -2.43. The van der Waals surface area contributed by atoms with E-state index in [0.717, 1.165) is 56.8 Å².